The molecule has 1 aromatic rings. The largest absolute Gasteiger partial charge is 0.381 e. The zero-order chi connectivity index (χ0) is 17.9. The normalized spacial score (nSPS) is 20.7. The summed E-state index contributed by atoms with van der Waals surface area (Å²) < 4.78 is 40.9. The highest BCUT2D eigenvalue weighted by Crippen LogP contribution is 2.20. The topological polar surface area (TPSA) is 75.7 Å². The van der Waals surface area contributed by atoms with E-state index in [2.05, 4.69) is 5.32 Å². The minimum Gasteiger partial charge on any atom is -0.381 e. The van der Waals surface area contributed by atoms with Crippen LogP contribution in [0.2, 0.25) is 0 Å². The van der Waals surface area contributed by atoms with Crippen molar-refractivity contribution in [3.63, 3.8) is 0 Å². The van der Waals surface area contributed by atoms with Crippen LogP contribution in [0.3, 0.4) is 0 Å². The molecule has 0 spiro atoms. The third-order valence-corrected chi connectivity index (χ3v) is 6.64. The van der Waals surface area contributed by atoms with Gasteiger partial charge in [0.25, 0.3) is 0 Å². The fraction of sp³-hybridized carbons (Fsp3) is 0.588. The lowest BCUT2D eigenvalue weighted by Crippen LogP contribution is -2.51. The third-order valence-electron chi connectivity index (χ3n) is 4.68. The number of hydrogen-bond donors (Lipinski definition) is 1. The number of nitrogens with zero attached hydrogens (tertiary/aromatic N) is 1. The van der Waals surface area contributed by atoms with E-state index in [4.69, 9.17) is 4.74 Å². The van der Waals surface area contributed by atoms with Gasteiger partial charge in [0.05, 0.1) is 11.5 Å². The van der Waals surface area contributed by atoms with Crippen LogP contribution in [-0.4, -0.2) is 56.7 Å². The number of urea groups is 1. The number of ether oxygens (including phenoxy) is 1. The lowest BCUT2D eigenvalue weighted by molar-refractivity contribution is 0.0436. The molecule has 8 heteroatoms. The van der Waals surface area contributed by atoms with Crippen LogP contribution in [0.25, 0.3) is 0 Å². The smallest absolute Gasteiger partial charge is 0.317 e. The van der Waals surface area contributed by atoms with E-state index in [1.54, 1.807) is 17.0 Å². The number of rotatable bonds is 5. The van der Waals surface area contributed by atoms with Crippen LogP contribution in [0.1, 0.15) is 18.4 Å². The van der Waals surface area contributed by atoms with E-state index in [0.29, 0.717) is 26.3 Å². The van der Waals surface area contributed by atoms with Crippen molar-refractivity contribution in [2.24, 2.45) is 5.92 Å². The van der Waals surface area contributed by atoms with Crippen LogP contribution in [-0.2, 0) is 21.1 Å². The molecule has 0 unspecified atom stereocenters. The number of amides is 2. The fourth-order valence-electron chi connectivity index (χ4n) is 3.27. The number of nitrogens with one attached hydrogen (secondary N) is 1. The number of sulfone groups is 1. The zero-order valence-electron chi connectivity index (χ0n) is 14.0. The van der Waals surface area contributed by atoms with Crippen LogP contribution in [0, 0.1) is 11.7 Å². The first-order chi connectivity index (χ1) is 11.9. The molecule has 2 saturated heterocycles. The Morgan fingerprint density at radius 3 is 2.44 bits per heavy atom. The monoisotopic (exact) mass is 370 g/mol. The minimum atomic E-state index is -2.89. The molecular formula is C17H23FN2O4S. The molecule has 25 heavy (non-hydrogen) atoms. The summed E-state index contributed by atoms with van der Waals surface area (Å²) in [5.74, 6) is -0.0290. The van der Waals surface area contributed by atoms with Crippen LogP contribution < -0.4 is 5.32 Å². The summed E-state index contributed by atoms with van der Waals surface area (Å²) in [6.07, 6.45) is 1.51. The molecule has 2 aliphatic heterocycles. The van der Waals surface area contributed by atoms with Gasteiger partial charge >= 0.3 is 6.03 Å². The van der Waals surface area contributed by atoms with Gasteiger partial charge in [-0.2, -0.15) is 0 Å². The van der Waals surface area contributed by atoms with Crippen molar-refractivity contribution in [1.29, 1.82) is 0 Å². The summed E-state index contributed by atoms with van der Waals surface area (Å²) in [7, 11) is -2.89. The minimum absolute atomic E-state index is 0.00342. The predicted molar refractivity (Wildman–Crippen MR) is 91.3 cm³/mol. The van der Waals surface area contributed by atoms with Crippen molar-refractivity contribution in [1.82, 2.24) is 10.2 Å². The Labute approximate surface area is 147 Å². The van der Waals surface area contributed by atoms with Crippen LogP contribution in [0.5, 0.6) is 0 Å². The molecule has 2 aliphatic rings. The Morgan fingerprint density at radius 1 is 1.20 bits per heavy atom. The average molecular weight is 370 g/mol. The third kappa shape index (κ3) is 4.92. The molecule has 1 N–H and O–H groups in total. The van der Waals surface area contributed by atoms with E-state index in [9.17, 15) is 17.6 Å². The molecule has 1 aromatic carbocycles. The molecule has 0 aromatic heterocycles. The molecule has 2 fully saturated rings. The van der Waals surface area contributed by atoms with Crippen LogP contribution in [0.15, 0.2) is 24.3 Å². The average Bonchev–Trinajstić information content (AvgIpc) is 2.58. The molecule has 0 bridgehead atoms. The highest BCUT2D eigenvalue weighted by atomic mass is 32.2. The summed E-state index contributed by atoms with van der Waals surface area (Å²) in [5, 5.41) is 2.86. The van der Waals surface area contributed by atoms with Crippen molar-refractivity contribution >= 4 is 15.9 Å². The molecule has 2 heterocycles. The van der Waals surface area contributed by atoms with Crippen molar-refractivity contribution < 1.29 is 22.3 Å². The first kappa shape index (κ1) is 18.1. The van der Waals surface area contributed by atoms with Crippen LogP contribution in [0.4, 0.5) is 9.18 Å². The molecule has 0 aliphatic carbocycles. The summed E-state index contributed by atoms with van der Waals surface area (Å²) in [5.41, 5.74) is 0.856. The highest BCUT2D eigenvalue weighted by Gasteiger charge is 2.34. The molecule has 6 nitrogen and oxygen atoms in total. The summed E-state index contributed by atoms with van der Waals surface area (Å²) >= 11 is 0. The Hall–Kier alpha value is -1.67. The molecule has 2 amide bonds. The second kappa shape index (κ2) is 7.70. The van der Waals surface area contributed by atoms with Crippen molar-refractivity contribution in [3.05, 3.63) is 35.6 Å². The van der Waals surface area contributed by atoms with E-state index < -0.39 is 9.84 Å². The van der Waals surface area contributed by atoms with E-state index >= 15 is 0 Å². The van der Waals surface area contributed by atoms with Gasteiger partial charge in [-0.15, -0.1) is 0 Å². The number of benzene rings is 1. The fourth-order valence-corrected chi connectivity index (χ4v) is 4.85. The van der Waals surface area contributed by atoms with Gasteiger partial charge in [-0.3, -0.25) is 0 Å². The lowest BCUT2D eigenvalue weighted by atomic mass is 10.1. The number of carbonyl (C=O) groups excluding carboxylic acids is 1. The molecule has 0 atom stereocenters. The second-order valence-corrected chi connectivity index (χ2v) is 8.88. The van der Waals surface area contributed by atoms with Gasteiger partial charge in [-0.05, 0) is 30.5 Å². The second-order valence-electron chi connectivity index (χ2n) is 6.73. The quantitative estimate of drug-likeness (QED) is 0.854. The standard InChI is InChI=1S/C17H23FN2O4S/c18-15-3-1-13(2-4-15)10-20(16-5-7-24-8-6-16)17(21)19-9-14-11-25(22,23)12-14/h1-4,14,16H,5-12H2,(H,19,21). The molecule has 0 saturated carbocycles. The van der Waals surface area contributed by atoms with Gasteiger partial charge in [0, 0.05) is 38.3 Å². The van der Waals surface area contributed by atoms with Gasteiger partial charge in [0.15, 0.2) is 9.84 Å². The Morgan fingerprint density at radius 2 is 1.84 bits per heavy atom. The summed E-state index contributed by atoms with van der Waals surface area (Å²) in [6, 6.07) is 5.97. The van der Waals surface area contributed by atoms with Gasteiger partial charge < -0.3 is 15.0 Å². The summed E-state index contributed by atoms with van der Waals surface area (Å²) in [4.78, 5) is 14.4. The first-order valence-electron chi connectivity index (χ1n) is 8.50. The molecular weight excluding hydrogens is 347 g/mol. The van der Waals surface area contributed by atoms with Crippen molar-refractivity contribution in [2.45, 2.75) is 25.4 Å². The number of halogens is 1. The van der Waals surface area contributed by atoms with E-state index in [1.165, 1.54) is 12.1 Å². The highest BCUT2D eigenvalue weighted by molar-refractivity contribution is 7.92. The van der Waals surface area contributed by atoms with Gasteiger partial charge in [-0.1, -0.05) is 12.1 Å². The maximum Gasteiger partial charge on any atom is 0.317 e. The Bertz CT molecular complexity index is 690. The van der Waals surface area contributed by atoms with E-state index in [0.717, 1.165) is 18.4 Å². The maximum atomic E-state index is 13.1. The summed E-state index contributed by atoms with van der Waals surface area (Å²) in [6.45, 7) is 1.97. The Kier molecular flexibility index (Phi) is 5.58. The lowest BCUT2D eigenvalue weighted by Gasteiger charge is -2.35. The SMILES string of the molecule is O=C(NCC1CS(=O)(=O)C1)N(Cc1ccc(F)cc1)C1CCOCC1. The predicted octanol–water partition coefficient (Wildman–Crippen LogP) is 1.56. The van der Waals surface area contributed by atoms with Gasteiger partial charge in [0.1, 0.15) is 5.82 Å². The maximum absolute atomic E-state index is 13.1. The first-order valence-corrected chi connectivity index (χ1v) is 10.3. The molecule has 0 radical (unpaired) electrons. The van der Waals surface area contributed by atoms with Crippen molar-refractivity contribution in [2.75, 3.05) is 31.3 Å². The van der Waals surface area contributed by atoms with E-state index in [1.807, 2.05) is 0 Å². The molecule has 138 valence electrons. The number of carbonyl (C=O) groups is 1. The number of hydrogen-bond acceptors (Lipinski definition) is 4. The molecule has 3 rings (SSSR count). The van der Waals surface area contributed by atoms with Gasteiger partial charge in [-0.25, -0.2) is 17.6 Å². The van der Waals surface area contributed by atoms with Gasteiger partial charge in [0.2, 0.25) is 0 Å². The van der Waals surface area contributed by atoms with E-state index in [-0.39, 0.29) is 35.3 Å². The zero-order valence-corrected chi connectivity index (χ0v) is 14.8. The Balaban J connectivity index is 1.62. The van der Waals surface area contributed by atoms with Crippen molar-refractivity contribution in [3.8, 4) is 0 Å². The van der Waals surface area contributed by atoms with Crippen LogP contribution >= 0.6 is 0 Å².